The predicted molar refractivity (Wildman–Crippen MR) is 73.9 cm³/mol. The summed E-state index contributed by atoms with van der Waals surface area (Å²) in [6.45, 7) is 3.98. The van der Waals surface area contributed by atoms with Gasteiger partial charge in [0, 0.05) is 25.1 Å². The molecule has 1 fully saturated rings. The van der Waals surface area contributed by atoms with Gasteiger partial charge >= 0.3 is 5.97 Å². The van der Waals surface area contributed by atoms with Crippen LogP contribution in [0.5, 0.6) is 0 Å². The summed E-state index contributed by atoms with van der Waals surface area (Å²) in [5.74, 6) is -0.843. The molecule has 0 saturated carbocycles. The summed E-state index contributed by atoms with van der Waals surface area (Å²) >= 11 is 1.14. The minimum atomic E-state index is -0.930. The number of hydrogen-bond donors (Lipinski definition) is 1. The third-order valence-electron chi connectivity index (χ3n) is 3.30. The van der Waals surface area contributed by atoms with Crippen LogP contribution < -0.4 is 0 Å². The van der Waals surface area contributed by atoms with Gasteiger partial charge in [-0.1, -0.05) is 25.1 Å². The Hall–Kier alpha value is -1.04. The van der Waals surface area contributed by atoms with E-state index < -0.39 is 12.0 Å². The SMILES string of the molecule is CCCC(CSC(C)=O)C(=O)N1CCC[C@H]1C(=O)O. The van der Waals surface area contributed by atoms with Crippen molar-refractivity contribution >= 4 is 28.8 Å². The van der Waals surface area contributed by atoms with E-state index >= 15 is 0 Å². The van der Waals surface area contributed by atoms with Gasteiger partial charge in [-0.15, -0.1) is 0 Å². The Balaban J connectivity index is 2.69. The normalized spacial score (nSPS) is 20.3. The van der Waals surface area contributed by atoms with Gasteiger partial charge < -0.3 is 10.0 Å². The molecule has 0 radical (unpaired) electrons. The monoisotopic (exact) mass is 287 g/mol. The second-order valence-electron chi connectivity index (χ2n) is 4.82. The van der Waals surface area contributed by atoms with Gasteiger partial charge in [0.2, 0.25) is 5.91 Å². The Bertz CT molecular complexity index is 359. The molecule has 1 aliphatic heterocycles. The molecule has 1 unspecified atom stereocenters. The number of carboxylic acids is 1. The number of carbonyl (C=O) groups excluding carboxylic acids is 2. The van der Waals surface area contributed by atoms with E-state index in [1.165, 1.54) is 11.8 Å². The summed E-state index contributed by atoms with van der Waals surface area (Å²) < 4.78 is 0. The summed E-state index contributed by atoms with van der Waals surface area (Å²) in [6.07, 6.45) is 2.81. The quantitative estimate of drug-likeness (QED) is 0.805. The van der Waals surface area contributed by atoms with Crippen molar-refractivity contribution in [3.8, 4) is 0 Å². The fourth-order valence-electron chi connectivity index (χ4n) is 2.37. The van der Waals surface area contributed by atoms with Crippen molar-refractivity contribution in [2.24, 2.45) is 5.92 Å². The zero-order valence-electron chi connectivity index (χ0n) is 11.4. The predicted octanol–water partition coefficient (Wildman–Crippen LogP) is 1.76. The molecule has 2 atom stereocenters. The second-order valence-corrected chi connectivity index (χ2v) is 6.01. The lowest BCUT2D eigenvalue weighted by Crippen LogP contribution is -2.44. The zero-order valence-corrected chi connectivity index (χ0v) is 12.2. The molecule has 1 N–H and O–H groups in total. The smallest absolute Gasteiger partial charge is 0.326 e. The van der Waals surface area contributed by atoms with E-state index in [0.717, 1.165) is 24.6 Å². The van der Waals surface area contributed by atoms with Crippen LogP contribution in [0.1, 0.15) is 39.5 Å². The molecular weight excluding hydrogens is 266 g/mol. The number of rotatable bonds is 6. The molecule has 0 aliphatic carbocycles. The topological polar surface area (TPSA) is 74.7 Å². The molecule has 1 saturated heterocycles. The number of hydrogen-bond acceptors (Lipinski definition) is 4. The van der Waals surface area contributed by atoms with Gasteiger partial charge in [-0.2, -0.15) is 0 Å². The molecule has 0 aromatic heterocycles. The van der Waals surface area contributed by atoms with E-state index in [4.69, 9.17) is 5.11 Å². The van der Waals surface area contributed by atoms with Crippen molar-refractivity contribution in [2.45, 2.75) is 45.6 Å². The molecule has 0 spiro atoms. The van der Waals surface area contributed by atoms with Crippen molar-refractivity contribution in [2.75, 3.05) is 12.3 Å². The molecular formula is C13H21NO4S. The number of aliphatic carboxylic acids is 1. The van der Waals surface area contributed by atoms with Crippen LogP contribution in [0.4, 0.5) is 0 Å². The average molecular weight is 287 g/mol. The van der Waals surface area contributed by atoms with Gasteiger partial charge in [-0.3, -0.25) is 9.59 Å². The largest absolute Gasteiger partial charge is 0.480 e. The maximum absolute atomic E-state index is 12.4. The summed E-state index contributed by atoms with van der Waals surface area (Å²) in [7, 11) is 0. The molecule has 0 bridgehead atoms. The molecule has 5 nitrogen and oxygen atoms in total. The fourth-order valence-corrected chi connectivity index (χ4v) is 3.11. The van der Waals surface area contributed by atoms with Crippen molar-refractivity contribution in [1.82, 2.24) is 4.90 Å². The minimum absolute atomic E-state index is 0.00916. The molecule has 1 amide bonds. The first-order valence-corrected chi connectivity index (χ1v) is 7.62. The molecule has 19 heavy (non-hydrogen) atoms. The number of nitrogens with zero attached hydrogens (tertiary/aromatic N) is 1. The van der Waals surface area contributed by atoms with E-state index in [1.807, 2.05) is 6.92 Å². The number of amides is 1. The van der Waals surface area contributed by atoms with Crippen LogP contribution in [0.15, 0.2) is 0 Å². The summed E-state index contributed by atoms with van der Waals surface area (Å²) in [5, 5.41) is 9.10. The van der Waals surface area contributed by atoms with Gasteiger partial charge in [-0.25, -0.2) is 4.79 Å². The van der Waals surface area contributed by atoms with Crippen LogP contribution in [-0.4, -0.2) is 45.3 Å². The van der Waals surface area contributed by atoms with Crippen LogP contribution in [0, 0.1) is 5.92 Å². The first-order chi connectivity index (χ1) is 8.97. The van der Waals surface area contributed by atoms with E-state index in [1.54, 1.807) is 0 Å². The molecule has 1 heterocycles. The molecule has 0 aromatic rings. The van der Waals surface area contributed by atoms with E-state index in [0.29, 0.717) is 25.1 Å². The maximum atomic E-state index is 12.4. The van der Waals surface area contributed by atoms with Crippen LogP contribution in [0.3, 0.4) is 0 Å². The van der Waals surface area contributed by atoms with Crippen molar-refractivity contribution in [3.05, 3.63) is 0 Å². The fraction of sp³-hybridized carbons (Fsp3) is 0.769. The second kappa shape index (κ2) is 7.53. The van der Waals surface area contributed by atoms with Crippen molar-refractivity contribution in [3.63, 3.8) is 0 Å². The van der Waals surface area contributed by atoms with Crippen LogP contribution in [0.25, 0.3) is 0 Å². The summed E-state index contributed by atoms with van der Waals surface area (Å²) in [4.78, 5) is 36.0. The van der Waals surface area contributed by atoms with E-state index in [-0.39, 0.29) is 16.9 Å². The Morgan fingerprint density at radius 1 is 1.42 bits per heavy atom. The van der Waals surface area contributed by atoms with E-state index in [2.05, 4.69) is 0 Å². The standard InChI is InChI=1S/C13H21NO4S/c1-3-5-10(8-19-9(2)15)12(16)14-7-4-6-11(14)13(17)18/h10-11H,3-8H2,1-2H3,(H,17,18)/t10?,11-/m0/s1. The average Bonchev–Trinajstić information content (AvgIpc) is 2.82. The molecule has 0 aromatic carbocycles. The first kappa shape index (κ1) is 16.0. The van der Waals surface area contributed by atoms with Crippen LogP contribution in [0.2, 0.25) is 0 Å². The highest BCUT2D eigenvalue weighted by molar-refractivity contribution is 8.13. The zero-order chi connectivity index (χ0) is 14.4. The number of carbonyl (C=O) groups is 3. The highest BCUT2D eigenvalue weighted by atomic mass is 32.2. The van der Waals surface area contributed by atoms with Gasteiger partial charge in [0.1, 0.15) is 6.04 Å². The third kappa shape index (κ3) is 4.53. The highest BCUT2D eigenvalue weighted by Gasteiger charge is 2.36. The lowest BCUT2D eigenvalue weighted by molar-refractivity contribution is -0.149. The molecule has 108 valence electrons. The number of likely N-dealkylation sites (tertiary alicyclic amines) is 1. The van der Waals surface area contributed by atoms with Gasteiger partial charge in [0.05, 0.1) is 0 Å². The van der Waals surface area contributed by atoms with Crippen molar-refractivity contribution < 1.29 is 19.5 Å². The summed E-state index contributed by atoms with van der Waals surface area (Å²) in [6, 6.07) is -0.686. The van der Waals surface area contributed by atoms with Crippen LogP contribution in [-0.2, 0) is 14.4 Å². The molecule has 6 heteroatoms. The maximum Gasteiger partial charge on any atom is 0.326 e. The Morgan fingerprint density at radius 3 is 2.63 bits per heavy atom. The third-order valence-corrected chi connectivity index (χ3v) is 4.27. The van der Waals surface area contributed by atoms with Crippen molar-refractivity contribution in [1.29, 1.82) is 0 Å². The Morgan fingerprint density at radius 2 is 2.11 bits per heavy atom. The Labute approximate surface area is 117 Å². The lowest BCUT2D eigenvalue weighted by atomic mass is 10.0. The first-order valence-electron chi connectivity index (χ1n) is 6.64. The molecule has 1 aliphatic rings. The van der Waals surface area contributed by atoms with Crippen LogP contribution >= 0.6 is 11.8 Å². The summed E-state index contributed by atoms with van der Waals surface area (Å²) in [5.41, 5.74) is 0. The number of carboxylic acid groups (broad SMARTS) is 1. The molecule has 1 rings (SSSR count). The Kier molecular flexibility index (Phi) is 6.34. The lowest BCUT2D eigenvalue weighted by Gasteiger charge is -2.26. The van der Waals surface area contributed by atoms with Gasteiger partial charge in [0.25, 0.3) is 0 Å². The van der Waals surface area contributed by atoms with Gasteiger partial charge in [0.15, 0.2) is 5.12 Å². The highest BCUT2D eigenvalue weighted by Crippen LogP contribution is 2.24. The van der Waals surface area contributed by atoms with Gasteiger partial charge in [-0.05, 0) is 19.3 Å². The minimum Gasteiger partial charge on any atom is -0.480 e. The van der Waals surface area contributed by atoms with E-state index in [9.17, 15) is 14.4 Å². The number of thioether (sulfide) groups is 1.